The summed E-state index contributed by atoms with van der Waals surface area (Å²) >= 11 is 0. The Labute approximate surface area is 134 Å². The molecule has 120 valence electrons. The third-order valence-corrected chi connectivity index (χ3v) is 3.35. The van der Waals surface area contributed by atoms with E-state index in [2.05, 4.69) is 5.48 Å². The van der Waals surface area contributed by atoms with Crippen molar-refractivity contribution in [3.8, 4) is 0 Å². The quantitative estimate of drug-likeness (QED) is 0.656. The normalized spacial score (nSPS) is 10.4. The van der Waals surface area contributed by atoms with Gasteiger partial charge in [-0.05, 0) is 24.3 Å². The van der Waals surface area contributed by atoms with E-state index in [0.717, 1.165) is 0 Å². The first-order valence-corrected chi connectivity index (χ1v) is 7.15. The van der Waals surface area contributed by atoms with Gasteiger partial charge in [0.05, 0.1) is 0 Å². The minimum Gasteiger partial charge on any atom is -0.313 e. The molecule has 2 aromatic carbocycles. The van der Waals surface area contributed by atoms with Crippen LogP contribution in [-0.2, 0) is 9.59 Å². The standard InChI is InChI=1S/C17H19N3O3/c1-13(21)19(15-9-5-3-6-10-15)17(18-23)20(14(2)22)16-11-7-4-8-12-16/h3-12,17-18,23H,1-2H3. The van der Waals surface area contributed by atoms with E-state index in [1.807, 2.05) is 12.1 Å². The highest BCUT2D eigenvalue weighted by molar-refractivity contribution is 5.97. The molecular weight excluding hydrogens is 294 g/mol. The van der Waals surface area contributed by atoms with Gasteiger partial charge in [0, 0.05) is 25.2 Å². The minimum atomic E-state index is -1.06. The largest absolute Gasteiger partial charge is 0.313 e. The van der Waals surface area contributed by atoms with Gasteiger partial charge >= 0.3 is 0 Å². The number of nitrogens with one attached hydrogen (secondary N) is 1. The second-order valence-corrected chi connectivity index (χ2v) is 4.95. The SMILES string of the molecule is CC(=O)N(c1ccccc1)C(NO)N(C(C)=O)c1ccccc1. The van der Waals surface area contributed by atoms with Crippen molar-refractivity contribution >= 4 is 23.2 Å². The zero-order valence-electron chi connectivity index (χ0n) is 13.0. The van der Waals surface area contributed by atoms with Crippen molar-refractivity contribution in [3.63, 3.8) is 0 Å². The molecule has 6 nitrogen and oxygen atoms in total. The van der Waals surface area contributed by atoms with Crippen molar-refractivity contribution in [1.29, 1.82) is 0 Å². The van der Waals surface area contributed by atoms with Gasteiger partial charge in [0.15, 0.2) is 6.29 Å². The highest BCUT2D eigenvalue weighted by atomic mass is 16.5. The number of hydroxylamine groups is 1. The van der Waals surface area contributed by atoms with Crippen LogP contribution in [0.15, 0.2) is 60.7 Å². The smallest absolute Gasteiger partial charge is 0.226 e. The van der Waals surface area contributed by atoms with Crippen LogP contribution in [-0.4, -0.2) is 23.3 Å². The summed E-state index contributed by atoms with van der Waals surface area (Å²) in [6, 6.07) is 17.7. The lowest BCUT2D eigenvalue weighted by Gasteiger charge is -2.37. The van der Waals surface area contributed by atoms with Gasteiger partial charge in [0.25, 0.3) is 0 Å². The molecular formula is C17H19N3O3. The topological polar surface area (TPSA) is 72.9 Å². The Morgan fingerprint density at radius 2 is 1.17 bits per heavy atom. The van der Waals surface area contributed by atoms with Crippen LogP contribution in [0, 0.1) is 0 Å². The summed E-state index contributed by atoms with van der Waals surface area (Å²) in [4.78, 5) is 26.9. The summed E-state index contributed by atoms with van der Waals surface area (Å²) < 4.78 is 0. The molecule has 0 atom stereocenters. The summed E-state index contributed by atoms with van der Waals surface area (Å²) in [6.45, 7) is 2.75. The Morgan fingerprint density at radius 3 is 1.43 bits per heavy atom. The van der Waals surface area contributed by atoms with Gasteiger partial charge in [0.2, 0.25) is 11.8 Å². The second kappa shape index (κ2) is 7.53. The number of para-hydroxylation sites is 2. The molecule has 0 aliphatic heterocycles. The first-order valence-electron chi connectivity index (χ1n) is 7.15. The minimum absolute atomic E-state index is 0.315. The van der Waals surface area contributed by atoms with E-state index in [4.69, 9.17) is 0 Å². The maximum atomic E-state index is 12.1. The van der Waals surface area contributed by atoms with Gasteiger partial charge in [-0.15, -0.1) is 0 Å². The fraction of sp³-hybridized carbons (Fsp3) is 0.176. The van der Waals surface area contributed by atoms with Crippen molar-refractivity contribution in [3.05, 3.63) is 60.7 Å². The number of hydrogen-bond acceptors (Lipinski definition) is 4. The van der Waals surface area contributed by atoms with Gasteiger partial charge in [-0.25, -0.2) is 0 Å². The van der Waals surface area contributed by atoms with E-state index >= 15 is 0 Å². The molecule has 0 fully saturated rings. The predicted molar refractivity (Wildman–Crippen MR) is 87.9 cm³/mol. The van der Waals surface area contributed by atoms with E-state index in [1.165, 1.54) is 23.6 Å². The third-order valence-electron chi connectivity index (χ3n) is 3.35. The van der Waals surface area contributed by atoms with Gasteiger partial charge in [-0.1, -0.05) is 36.4 Å². The van der Waals surface area contributed by atoms with Crippen molar-refractivity contribution in [2.45, 2.75) is 20.1 Å². The number of nitrogens with zero attached hydrogens (tertiary/aromatic N) is 2. The molecule has 0 aliphatic carbocycles. The fourth-order valence-electron chi connectivity index (χ4n) is 2.40. The molecule has 0 spiro atoms. The Kier molecular flexibility index (Phi) is 5.46. The van der Waals surface area contributed by atoms with Crippen LogP contribution in [0.2, 0.25) is 0 Å². The molecule has 0 aliphatic rings. The fourth-order valence-corrected chi connectivity index (χ4v) is 2.40. The third kappa shape index (κ3) is 3.74. The Balaban J connectivity index is 2.49. The number of hydrogen-bond donors (Lipinski definition) is 2. The molecule has 0 aromatic heterocycles. The van der Waals surface area contributed by atoms with E-state index < -0.39 is 6.29 Å². The molecule has 6 heteroatoms. The second-order valence-electron chi connectivity index (χ2n) is 4.95. The van der Waals surface area contributed by atoms with Crippen molar-refractivity contribution in [1.82, 2.24) is 5.48 Å². The lowest BCUT2D eigenvalue weighted by Crippen LogP contribution is -2.59. The number of carbonyl (C=O) groups is 2. The summed E-state index contributed by atoms with van der Waals surface area (Å²) in [5.41, 5.74) is 3.20. The molecule has 2 aromatic rings. The monoisotopic (exact) mass is 313 g/mol. The molecule has 2 amide bonds. The summed E-state index contributed by atoms with van der Waals surface area (Å²) in [7, 11) is 0. The number of benzene rings is 2. The van der Waals surface area contributed by atoms with Crippen LogP contribution < -0.4 is 15.3 Å². The molecule has 0 heterocycles. The lowest BCUT2D eigenvalue weighted by atomic mass is 10.2. The van der Waals surface area contributed by atoms with Gasteiger partial charge in [-0.2, -0.15) is 5.48 Å². The molecule has 0 unspecified atom stereocenters. The highest BCUT2D eigenvalue weighted by Crippen LogP contribution is 2.22. The molecule has 0 radical (unpaired) electrons. The number of anilines is 2. The number of amides is 2. The Bertz CT molecular complexity index is 604. The van der Waals surface area contributed by atoms with E-state index in [9.17, 15) is 14.8 Å². The van der Waals surface area contributed by atoms with Gasteiger partial charge < -0.3 is 5.21 Å². The van der Waals surface area contributed by atoms with Gasteiger partial charge in [0.1, 0.15) is 0 Å². The van der Waals surface area contributed by atoms with Crippen molar-refractivity contribution < 1.29 is 14.8 Å². The van der Waals surface area contributed by atoms with E-state index in [1.54, 1.807) is 48.5 Å². The number of rotatable bonds is 5. The zero-order chi connectivity index (χ0) is 16.8. The molecule has 0 saturated carbocycles. The first kappa shape index (κ1) is 16.7. The highest BCUT2D eigenvalue weighted by Gasteiger charge is 2.30. The van der Waals surface area contributed by atoms with E-state index in [-0.39, 0.29) is 11.8 Å². The molecule has 0 saturated heterocycles. The molecule has 23 heavy (non-hydrogen) atoms. The van der Waals surface area contributed by atoms with Crippen LogP contribution in [0.1, 0.15) is 13.8 Å². The van der Waals surface area contributed by atoms with Crippen molar-refractivity contribution in [2.24, 2.45) is 0 Å². The summed E-state index contributed by atoms with van der Waals surface area (Å²) in [6.07, 6.45) is -1.06. The first-order chi connectivity index (χ1) is 11.1. The van der Waals surface area contributed by atoms with Crippen LogP contribution >= 0.6 is 0 Å². The zero-order valence-corrected chi connectivity index (χ0v) is 13.0. The predicted octanol–water partition coefficient (Wildman–Crippen LogP) is 2.36. The lowest BCUT2D eigenvalue weighted by molar-refractivity contribution is -0.119. The number of carbonyl (C=O) groups excluding carboxylic acids is 2. The average molecular weight is 313 g/mol. The summed E-state index contributed by atoms with van der Waals surface area (Å²) in [5.74, 6) is -0.630. The Hall–Kier alpha value is -2.70. The molecule has 2 N–H and O–H groups in total. The average Bonchev–Trinajstić information content (AvgIpc) is 2.55. The van der Waals surface area contributed by atoms with Gasteiger partial charge in [-0.3, -0.25) is 19.4 Å². The summed E-state index contributed by atoms with van der Waals surface area (Å²) in [5, 5.41) is 9.65. The maximum absolute atomic E-state index is 12.1. The van der Waals surface area contributed by atoms with Crippen LogP contribution in [0.25, 0.3) is 0 Å². The maximum Gasteiger partial charge on any atom is 0.226 e. The molecule has 0 bridgehead atoms. The van der Waals surface area contributed by atoms with Crippen LogP contribution in [0.4, 0.5) is 11.4 Å². The van der Waals surface area contributed by atoms with Crippen LogP contribution in [0.3, 0.4) is 0 Å². The molecule has 2 rings (SSSR count). The van der Waals surface area contributed by atoms with E-state index in [0.29, 0.717) is 11.4 Å². The van der Waals surface area contributed by atoms with Crippen molar-refractivity contribution in [2.75, 3.05) is 9.80 Å². The van der Waals surface area contributed by atoms with Crippen LogP contribution in [0.5, 0.6) is 0 Å². The Morgan fingerprint density at radius 1 is 0.826 bits per heavy atom.